The number of anilines is 1. The second-order valence-electron chi connectivity index (χ2n) is 7.62. The van der Waals surface area contributed by atoms with Crippen LogP contribution in [0.4, 0.5) is 5.00 Å². The lowest BCUT2D eigenvalue weighted by Gasteiger charge is -2.29. The molecule has 0 aliphatic carbocycles. The van der Waals surface area contributed by atoms with Crippen molar-refractivity contribution in [2.75, 3.05) is 11.9 Å². The van der Waals surface area contributed by atoms with E-state index in [9.17, 15) is 9.90 Å². The van der Waals surface area contributed by atoms with Gasteiger partial charge in [-0.25, -0.2) is 0 Å². The fraction of sp³-hybridized carbons (Fsp3) is 0.227. The first kappa shape index (κ1) is 21.5. The van der Waals surface area contributed by atoms with E-state index in [0.29, 0.717) is 8.95 Å². The number of benzene rings is 2. The number of halogens is 3. The summed E-state index contributed by atoms with van der Waals surface area (Å²) in [6, 6.07) is 12.3. The monoisotopic (exact) mass is 625 g/mol. The van der Waals surface area contributed by atoms with E-state index < -0.39 is 6.17 Å². The van der Waals surface area contributed by atoms with Crippen LogP contribution in [0.1, 0.15) is 38.1 Å². The summed E-state index contributed by atoms with van der Waals surface area (Å²) in [5.74, 6) is 0.0241. The van der Waals surface area contributed by atoms with Crippen LogP contribution in [0.5, 0.6) is 5.75 Å². The average Bonchev–Trinajstić information content (AvgIpc) is 3.11. The van der Waals surface area contributed by atoms with Crippen molar-refractivity contribution in [2.45, 2.75) is 25.7 Å². The molecule has 9 heteroatoms. The van der Waals surface area contributed by atoms with Gasteiger partial charge in [0.25, 0.3) is 5.91 Å². The van der Waals surface area contributed by atoms with Crippen molar-refractivity contribution in [1.82, 2.24) is 10.2 Å². The highest BCUT2D eigenvalue weighted by molar-refractivity contribution is 9.11. The fourth-order valence-corrected chi connectivity index (χ4v) is 8.04. The zero-order chi connectivity index (χ0) is 21.7. The minimum atomic E-state index is -0.455. The van der Waals surface area contributed by atoms with E-state index in [1.54, 1.807) is 17.4 Å². The predicted octanol–water partition coefficient (Wildman–Crippen LogP) is 6.15. The summed E-state index contributed by atoms with van der Waals surface area (Å²) in [4.78, 5) is 16.8. The Morgan fingerprint density at radius 1 is 1.13 bits per heavy atom. The molecule has 0 bridgehead atoms. The topological polar surface area (TPSA) is 64.6 Å². The molecule has 0 fully saturated rings. The molecule has 2 aliphatic rings. The molecule has 0 radical (unpaired) electrons. The van der Waals surface area contributed by atoms with Gasteiger partial charge in [-0.2, -0.15) is 0 Å². The highest BCUT2D eigenvalue weighted by Gasteiger charge is 2.35. The number of phenols is 1. The Morgan fingerprint density at radius 2 is 1.90 bits per heavy atom. The van der Waals surface area contributed by atoms with Gasteiger partial charge in [0.2, 0.25) is 0 Å². The molecule has 5 rings (SSSR count). The fourth-order valence-electron chi connectivity index (χ4n) is 4.15. The maximum atomic E-state index is 13.1. The Hall–Kier alpha value is -1.39. The molecule has 1 amide bonds. The van der Waals surface area contributed by atoms with Gasteiger partial charge in [-0.15, -0.1) is 11.3 Å². The number of thiophene rings is 1. The molecule has 1 atom stereocenters. The predicted molar refractivity (Wildman–Crippen MR) is 134 cm³/mol. The van der Waals surface area contributed by atoms with Gasteiger partial charge in [0, 0.05) is 34.5 Å². The molecule has 31 heavy (non-hydrogen) atoms. The number of hydrogen-bond donors (Lipinski definition) is 3. The van der Waals surface area contributed by atoms with Crippen LogP contribution < -0.4 is 10.6 Å². The van der Waals surface area contributed by atoms with E-state index in [4.69, 9.17) is 0 Å². The standard InChI is InChI=1S/C22H18Br3N3O2S/c23-13-8-14(24)19(29)18(25)17(13)20-26-21(30)16-12-6-7-28(9-11-4-2-1-3-5-11)10-15(12)31-22(16)27-20/h1-5,8,20,27,29H,6-7,9-10H2,(H,26,30)/t20-/m1/s1. The Labute approximate surface area is 209 Å². The Bertz CT molecular complexity index is 1180. The molecule has 0 spiro atoms. The normalized spacial score (nSPS) is 18.2. The van der Waals surface area contributed by atoms with Gasteiger partial charge in [0.15, 0.2) is 0 Å². The zero-order valence-corrected chi connectivity index (χ0v) is 21.8. The van der Waals surface area contributed by atoms with Crippen LogP contribution in [0.3, 0.4) is 0 Å². The Kier molecular flexibility index (Phi) is 5.89. The van der Waals surface area contributed by atoms with Crippen LogP contribution in [0.2, 0.25) is 0 Å². The van der Waals surface area contributed by atoms with Crippen LogP contribution in [0, 0.1) is 0 Å². The zero-order valence-electron chi connectivity index (χ0n) is 16.2. The summed E-state index contributed by atoms with van der Waals surface area (Å²) in [5.41, 5.74) is 3.97. The minimum Gasteiger partial charge on any atom is -0.506 e. The largest absolute Gasteiger partial charge is 0.506 e. The van der Waals surface area contributed by atoms with E-state index >= 15 is 0 Å². The van der Waals surface area contributed by atoms with Crippen LogP contribution in [0.25, 0.3) is 0 Å². The van der Waals surface area contributed by atoms with Crippen molar-refractivity contribution in [3.63, 3.8) is 0 Å². The summed E-state index contributed by atoms with van der Waals surface area (Å²) < 4.78 is 1.88. The summed E-state index contributed by atoms with van der Waals surface area (Å²) in [5, 5.41) is 17.8. The lowest BCUT2D eigenvalue weighted by atomic mass is 10.00. The third-order valence-electron chi connectivity index (χ3n) is 5.63. The second-order valence-corrected chi connectivity index (χ2v) is 11.2. The molecule has 3 aromatic rings. The number of amides is 1. The summed E-state index contributed by atoms with van der Waals surface area (Å²) in [7, 11) is 0. The maximum Gasteiger partial charge on any atom is 0.256 e. The van der Waals surface area contributed by atoms with Crippen LogP contribution in [-0.2, 0) is 19.5 Å². The number of carbonyl (C=O) groups excluding carboxylic acids is 1. The molecule has 0 unspecified atom stereocenters. The maximum absolute atomic E-state index is 13.1. The molecule has 160 valence electrons. The first-order valence-electron chi connectivity index (χ1n) is 9.77. The second kappa shape index (κ2) is 8.51. The number of aromatic hydroxyl groups is 1. The highest BCUT2D eigenvalue weighted by Crippen LogP contribution is 2.46. The molecule has 2 aromatic carbocycles. The lowest BCUT2D eigenvalue weighted by molar-refractivity contribution is 0.0934. The molecular formula is C22H18Br3N3O2S. The van der Waals surface area contributed by atoms with E-state index in [2.05, 4.69) is 87.6 Å². The van der Waals surface area contributed by atoms with Crippen molar-refractivity contribution in [3.8, 4) is 5.75 Å². The van der Waals surface area contributed by atoms with E-state index in [0.717, 1.165) is 52.2 Å². The molecule has 5 nitrogen and oxygen atoms in total. The van der Waals surface area contributed by atoms with Gasteiger partial charge in [0.05, 0.1) is 14.5 Å². The Balaban J connectivity index is 1.43. The van der Waals surface area contributed by atoms with E-state index in [1.807, 2.05) is 6.07 Å². The summed E-state index contributed by atoms with van der Waals surface area (Å²) in [6.45, 7) is 2.68. The SMILES string of the molecule is O=C1N[C@@H](c2c(Br)cc(Br)c(O)c2Br)Nc2sc3c(c21)CCN(Cc1ccccc1)C3. The molecule has 3 heterocycles. The van der Waals surface area contributed by atoms with Gasteiger partial charge < -0.3 is 15.7 Å². The smallest absolute Gasteiger partial charge is 0.256 e. The van der Waals surface area contributed by atoms with Crippen molar-refractivity contribution in [1.29, 1.82) is 0 Å². The number of rotatable bonds is 3. The third kappa shape index (κ3) is 3.95. The average molecular weight is 628 g/mol. The van der Waals surface area contributed by atoms with Gasteiger partial charge in [-0.3, -0.25) is 9.69 Å². The van der Waals surface area contributed by atoms with Crippen molar-refractivity contribution in [2.24, 2.45) is 0 Å². The number of fused-ring (bicyclic) bond motifs is 3. The first-order valence-corrected chi connectivity index (χ1v) is 13.0. The number of carbonyl (C=O) groups is 1. The lowest BCUT2D eigenvalue weighted by Crippen LogP contribution is -2.39. The quantitative estimate of drug-likeness (QED) is 0.326. The van der Waals surface area contributed by atoms with E-state index in [-0.39, 0.29) is 11.7 Å². The molecule has 0 saturated heterocycles. The number of hydrogen-bond acceptors (Lipinski definition) is 5. The molecule has 1 aromatic heterocycles. The minimum absolute atomic E-state index is 0.0750. The molecular weight excluding hydrogens is 610 g/mol. The van der Waals surface area contributed by atoms with E-state index in [1.165, 1.54) is 10.4 Å². The van der Waals surface area contributed by atoms with Crippen LogP contribution in [0.15, 0.2) is 49.8 Å². The Morgan fingerprint density at radius 3 is 2.68 bits per heavy atom. The highest BCUT2D eigenvalue weighted by atomic mass is 79.9. The summed E-state index contributed by atoms with van der Waals surface area (Å²) in [6.07, 6.45) is 0.406. The number of nitrogens with one attached hydrogen (secondary N) is 2. The van der Waals surface area contributed by atoms with Crippen LogP contribution in [-0.4, -0.2) is 22.5 Å². The van der Waals surface area contributed by atoms with Gasteiger partial charge >= 0.3 is 0 Å². The van der Waals surface area contributed by atoms with Gasteiger partial charge in [-0.1, -0.05) is 46.3 Å². The number of phenolic OH excluding ortho intramolecular Hbond substituents is 1. The van der Waals surface area contributed by atoms with Crippen molar-refractivity contribution < 1.29 is 9.90 Å². The molecule has 2 aliphatic heterocycles. The third-order valence-corrected chi connectivity index (χ3v) is 8.84. The van der Waals surface area contributed by atoms with Gasteiger partial charge in [0.1, 0.15) is 16.9 Å². The molecule has 3 N–H and O–H groups in total. The first-order chi connectivity index (χ1) is 14.9. The van der Waals surface area contributed by atoms with Crippen molar-refractivity contribution in [3.05, 3.63) is 76.9 Å². The van der Waals surface area contributed by atoms with Crippen LogP contribution >= 0.6 is 59.1 Å². The summed E-state index contributed by atoms with van der Waals surface area (Å²) >= 11 is 12.0. The van der Waals surface area contributed by atoms with Gasteiger partial charge in [-0.05, 0) is 55.5 Å². The van der Waals surface area contributed by atoms with Crippen molar-refractivity contribution >= 4 is 70.0 Å². The molecule has 0 saturated carbocycles. The number of nitrogens with zero attached hydrogens (tertiary/aromatic N) is 1.